The molecule has 0 saturated carbocycles. The number of unbranched alkanes of at least 4 members (excludes halogenated alkanes) is 6. The first-order valence-electron chi connectivity index (χ1n) is 17.8. The van der Waals surface area contributed by atoms with Gasteiger partial charge < -0.3 is 14.6 Å². The summed E-state index contributed by atoms with van der Waals surface area (Å²) < 4.78 is 10.5. The molecule has 0 radical (unpaired) electrons. The van der Waals surface area contributed by atoms with Gasteiger partial charge >= 0.3 is 11.9 Å². The summed E-state index contributed by atoms with van der Waals surface area (Å²) in [6, 6.07) is 0. The fourth-order valence-electron chi connectivity index (χ4n) is 4.18. The van der Waals surface area contributed by atoms with Crippen LogP contribution in [0.2, 0.25) is 0 Å². The zero-order valence-corrected chi connectivity index (χ0v) is 29.0. The summed E-state index contributed by atoms with van der Waals surface area (Å²) >= 11 is 0. The van der Waals surface area contributed by atoms with Crippen molar-refractivity contribution in [2.75, 3.05) is 13.2 Å². The number of hydrogen-bond acceptors (Lipinski definition) is 5. The minimum Gasteiger partial charge on any atom is -0.462 e. The minimum atomic E-state index is -0.822. The van der Waals surface area contributed by atoms with Crippen molar-refractivity contribution in [2.24, 2.45) is 0 Å². The number of rotatable bonds is 30. The van der Waals surface area contributed by atoms with E-state index in [-0.39, 0.29) is 31.6 Å². The average Bonchev–Trinajstić information content (AvgIpc) is 3.06. The quantitative estimate of drug-likeness (QED) is 0.0482. The van der Waals surface area contributed by atoms with Crippen molar-refractivity contribution in [3.63, 3.8) is 0 Å². The van der Waals surface area contributed by atoms with E-state index in [1.54, 1.807) is 0 Å². The van der Waals surface area contributed by atoms with E-state index in [9.17, 15) is 14.7 Å². The van der Waals surface area contributed by atoms with Crippen LogP contribution in [-0.2, 0) is 19.1 Å². The Morgan fingerprint density at radius 1 is 0.522 bits per heavy atom. The number of carbonyl (C=O) groups is 2. The lowest BCUT2D eigenvalue weighted by molar-refractivity contribution is -0.161. The van der Waals surface area contributed by atoms with E-state index in [0.717, 1.165) is 70.6 Å². The van der Waals surface area contributed by atoms with Crippen LogP contribution in [0.3, 0.4) is 0 Å². The molecule has 0 aromatic heterocycles. The number of aliphatic hydroxyl groups excluding tert-OH is 1. The Morgan fingerprint density at radius 3 is 1.39 bits per heavy atom. The van der Waals surface area contributed by atoms with Gasteiger partial charge in [-0.05, 0) is 89.9 Å². The Morgan fingerprint density at radius 2 is 0.935 bits per heavy atom. The van der Waals surface area contributed by atoms with Crippen molar-refractivity contribution in [1.82, 2.24) is 0 Å². The summed E-state index contributed by atoms with van der Waals surface area (Å²) in [7, 11) is 0. The van der Waals surface area contributed by atoms with E-state index in [0.29, 0.717) is 12.8 Å². The molecule has 5 nitrogen and oxygen atoms in total. The second-order valence-corrected chi connectivity index (χ2v) is 11.2. The van der Waals surface area contributed by atoms with Gasteiger partial charge in [-0.1, -0.05) is 124 Å². The van der Waals surface area contributed by atoms with Crippen molar-refractivity contribution < 1.29 is 24.2 Å². The molecule has 0 aromatic rings. The molecule has 0 saturated heterocycles. The molecule has 46 heavy (non-hydrogen) atoms. The molecule has 0 aromatic carbocycles. The van der Waals surface area contributed by atoms with E-state index in [2.05, 4.69) is 111 Å². The molecule has 0 unspecified atom stereocenters. The Labute approximate surface area is 281 Å². The first kappa shape index (κ1) is 42.8. The first-order chi connectivity index (χ1) is 22.6. The van der Waals surface area contributed by atoms with Crippen molar-refractivity contribution >= 4 is 11.9 Å². The fraction of sp³-hybridized carbons (Fsp3) is 0.561. The van der Waals surface area contributed by atoms with Crippen LogP contribution in [0.15, 0.2) is 97.2 Å². The van der Waals surface area contributed by atoms with Gasteiger partial charge in [0.15, 0.2) is 6.10 Å². The molecule has 1 N–H and O–H groups in total. The van der Waals surface area contributed by atoms with Crippen LogP contribution < -0.4 is 0 Å². The van der Waals surface area contributed by atoms with Crippen molar-refractivity contribution in [1.29, 1.82) is 0 Å². The lowest BCUT2D eigenvalue weighted by atomic mass is 10.1. The van der Waals surface area contributed by atoms with Crippen LogP contribution in [0.4, 0.5) is 0 Å². The molecule has 0 amide bonds. The fourth-order valence-corrected chi connectivity index (χ4v) is 4.18. The van der Waals surface area contributed by atoms with E-state index in [1.807, 2.05) is 0 Å². The van der Waals surface area contributed by atoms with Crippen molar-refractivity contribution in [3.05, 3.63) is 97.2 Å². The van der Waals surface area contributed by atoms with Crippen LogP contribution in [0, 0.1) is 0 Å². The van der Waals surface area contributed by atoms with Gasteiger partial charge in [-0.25, -0.2) is 0 Å². The third-order valence-corrected chi connectivity index (χ3v) is 6.86. The molecule has 0 rings (SSSR count). The second-order valence-electron chi connectivity index (χ2n) is 11.2. The molecular weight excluding hydrogens is 572 g/mol. The van der Waals surface area contributed by atoms with Crippen molar-refractivity contribution in [2.45, 2.75) is 136 Å². The minimum absolute atomic E-state index is 0.115. The Balaban J connectivity index is 3.80. The average molecular weight is 637 g/mol. The number of carbonyl (C=O) groups excluding carboxylic acids is 2. The zero-order valence-electron chi connectivity index (χ0n) is 29.0. The Bertz CT molecular complexity index is 948. The highest BCUT2D eigenvalue weighted by Gasteiger charge is 2.15. The molecule has 0 aliphatic rings. The van der Waals surface area contributed by atoms with E-state index < -0.39 is 6.10 Å². The van der Waals surface area contributed by atoms with Gasteiger partial charge in [-0.15, -0.1) is 0 Å². The van der Waals surface area contributed by atoms with Crippen LogP contribution in [0.1, 0.15) is 129 Å². The summed E-state index contributed by atoms with van der Waals surface area (Å²) in [5.74, 6) is -0.717. The Kier molecular flexibility index (Phi) is 33.8. The van der Waals surface area contributed by atoms with Crippen LogP contribution >= 0.6 is 0 Å². The number of allylic oxidation sites excluding steroid dienone is 16. The summed E-state index contributed by atoms with van der Waals surface area (Å²) in [5.41, 5.74) is 0. The molecule has 258 valence electrons. The second kappa shape index (κ2) is 36.3. The summed E-state index contributed by atoms with van der Waals surface area (Å²) in [6.45, 7) is 3.88. The third-order valence-electron chi connectivity index (χ3n) is 6.86. The topological polar surface area (TPSA) is 72.8 Å². The van der Waals surface area contributed by atoms with Gasteiger partial charge in [-0.2, -0.15) is 0 Å². The molecule has 0 aliphatic carbocycles. The highest BCUT2D eigenvalue weighted by molar-refractivity contribution is 5.70. The molecule has 0 aliphatic heterocycles. The maximum atomic E-state index is 12.1. The van der Waals surface area contributed by atoms with Gasteiger partial charge in [0.05, 0.1) is 6.61 Å². The van der Waals surface area contributed by atoms with Crippen molar-refractivity contribution in [3.8, 4) is 0 Å². The lowest BCUT2D eigenvalue weighted by Crippen LogP contribution is -2.28. The first-order valence-corrected chi connectivity index (χ1v) is 17.8. The zero-order chi connectivity index (χ0) is 33.6. The summed E-state index contributed by atoms with van der Waals surface area (Å²) in [4.78, 5) is 24.1. The third kappa shape index (κ3) is 33.7. The normalized spacial score (nSPS) is 13.4. The van der Waals surface area contributed by atoms with Crippen LogP contribution in [0.5, 0.6) is 0 Å². The Hall–Kier alpha value is -3.18. The smallest absolute Gasteiger partial charge is 0.306 e. The van der Waals surface area contributed by atoms with Gasteiger partial charge in [0.2, 0.25) is 0 Å². The molecular formula is C41H64O5. The highest BCUT2D eigenvalue weighted by Crippen LogP contribution is 2.07. The van der Waals surface area contributed by atoms with E-state index in [4.69, 9.17) is 9.47 Å². The predicted molar refractivity (Wildman–Crippen MR) is 195 cm³/mol. The lowest BCUT2D eigenvalue weighted by Gasteiger charge is -2.15. The predicted octanol–water partition coefficient (Wildman–Crippen LogP) is 10.9. The van der Waals surface area contributed by atoms with E-state index in [1.165, 1.54) is 25.7 Å². The van der Waals surface area contributed by atoms with Crippen LogP contribution in [-0.4, -0.2) is 36.4 Å². The molecule has 0 fully saturated rings. The number of esters is 2. The molecule has 5 heteroatoms. The molecule has 0 heterocycles. The number of ether oxygens (including phenoxy) is 2. The van der Waals surface area contributed by atoms with Crippen LogP contribution in [0.25, 0.3) is 0 Å². The molecule has 1 atom stereocenters. The van der Waals surface area contributed by atoms with Gasteiger partial charge in [0.1, 0.15) is 6.61 Å². The monoisotopic (exact) mass is 636 g/mol. The maximum Gasteiger partial charge on any atom is 0.306 e. The maximum absolute atomic E-state index is 12.1. The SMILES string of the molecule is CC/C=C\C/C=C\C/C=C\C/C=C\C/C=C\CCCC(=O)O[C@@H](CO)COC(=O)CCCC/C=C\C/C=C\C/C=C\CCCCC. The summed E-state index contributed by atoms with van der Waals surface area (Å²) in [6.07, 6.45) is 50.4. The number of hydrogen-bond donors (Lipinski definition) is 1. The molecule has 0 bridgehead atoms. The standard InChI is InChI=1S/C41H64O5/c1-3-5-7-9-11-13-15-17-19-20-22-24-26-28-30-32-34-36-41(44)46-39(37-42)38-45-40(43)35-33-31-29-27-25-23-21-18-16-14-12-10-8-6-4-2/h5,7,11-14,17-19,21-22,24-25,27-28,30,39,42H,3-4,6,8-10,15-16,20,23,26,29,31-38H2,1-2H3/b7-5-,13-11-,14-12-,19-17-,21-18-,24-22-,27-25-,30-28-/t39-/m0/s1. The highest BCUT2D eigenvalue weighted by atomic mass is 16.6. The van der Waals surface area contributed by atoms with Gasteiger partial charge in [-0.3, -0.25) is 9.59 Å². The molecule has 0 spiro atoms. The summed E-state index contributed by atoms with van der Waals surface area (Å²) in [5, 5.41) is 9.51. The number of aliphatic hydroxyl groups is 1. The van der Waals surface area contributed by atoms with Gasteiger partial charge in [0, 0.05) is 12.8 Å². The van der Waals surface area contributed by atoms with Gasteiger partial charge in [0.25, 0.3) is 0 Å². The van der Waals surface area contributed by atoms with E-state index >= 15 is 0 Å². The largest absolute Gasteiger partial charge is 0.462 e.